The lowest BCUT2D eigenvalue weighted by Gasteiger charge is -2.27. The maximum atomic E-state index is 6.83. The molecule has 0 radical (unpaired) electrons. The average Bonchev–Trinajstić information content (AvgIpc) is 3.72. The molecule has 10 aromatic rings. The van der Waals surface area contributed by atoms with Crippen LogP contribution in [0.2, 0.25) is 0 Å². The summed E-state index contributed by atoms with van der Waals surface area (Å²) < 4.78 is 9.19. The quantitative estimate of drug-likeness (QED) is 0.190. The van der Waals surface area contributed by atoms with Crippen molar-refractivity contribution in [3.8, 4) is 16.8 Å². The van der Waals surface area contributed by atoms with E-state index in [4.69, 9.17) is 4.42 Å². The first kappa shape index (κ1) is 27.5. The van der Waals surface area contributed by atoms with Crippen LogP contribution < -0.4 is 4.90 Å². The number of aromatic nitrogens is 1. The molecule has 0 aliphatic carbocycles. The van der Waals surface area contributed by atoms with Crippen LogP contribution in [-0.2, 0) is 0 Å². The standard InChI is InChI=1S/C46H30N2O/c1-4-15-31(16-5-1)35-24-14-25-39-41-30-44(36-21-10-11-23-38(36)46(41)49-45(35)39)47(32-17-6-2-7-18-32)34-27-28-43-40(29-34)37-22-12-13-26-42(37)48(43)33-19-8-3-9-20-33/h1-30H. The number of furan rings is 1. The summed E-state index contributed by atoms with van der Waals surface area (Å²) in [7, 11) is 0. The summed E-state index contributed by atoms with van der Waals surface area (Å²) in [4.78, 5) is 2.40. The highest BCUT2D eigenvalue weighted by Gasteiger charge is 2.22. The van der Waals surface area contributed by atoms with Crippen LogP contribution in [0.1, 0.15) is 0 Å². The van der Waals surface area contributed by atoms with E-state index in [-0.39, 0.29) is 0 Å². The van der Waals surface area contributed by atoms with Gasteiger partial charge in [-0.25, -0.2) is 0 Å². The molecule has 0 unspecified atom stereocenters. The number of rotatable bonds is 5. The van der Waals surface area contributed by atoms with Crippen LogP contribution in [0, 0.1) is 0 Å². The lowest BCUT2D eigenvalue weighted by molar-refractivity contribution is 0.674. The topological polar surface area (TPSA) is 21.3 Å². The van der Waals surface area contributed by atoms with E-state index in [1.165, 1.54) is 21.8 Å². The molecule has 0 aliphatic heterocycles. The molecule has 0 atom stereocenters. The summed E-state index contributed by atoms with van der Waals surface area (Å²) in [5, 5.41) is 6.87. The second-order valence-electron chi connectivity index (χ2n) is 12.5. The molecule has 0 spiro atoms. The van der Waals surface area contributed by atoms with Crippen molar-refractivity contribution in [3.63, 3.8) is 0 Å². The number of hydrogen-bond acceptors (Lipinski definition) is 2. The van der Waals surface area contributed by atoms with Crippen molar-refractivity contribution in [2.45, 2.75) is 0 Å². The minimum absolute atomic E-state index is 0.909. The van der Waals surface area contributed by atoms with Gasteiger partial charge < -0.3 is 13.9 Å². The van der Waals surface area contributed by atoms with Gasteiger partial charge in [0.1, 0.15) is 11.2 Å². The van der Waals surface area contributed by atoms with Crippen LogP contribution in [0.5, 0.6) is 0 Å². The first-order chi connectivity index (χ1) is 24.3. The Morgan fingerprint density at radius 3 is 1.80 bits per heavy atom. The zero-order chi connectivity index (χ0) is 32.3. The van der Waals surface area contributed by atoms with Crippen LogP contribution in [0.3, 0.4) is 0 Å². The highest BCUT2D eigenvalue weighted by Crippen LogP contribution is 2.46. The fourth-order valence-corrected chi connectivity index (χ4v) is 7.59. The number of anilines is 3. The Labute approximate surface area is 283 Å². The second-order valence-corrected chi connectivity index (χ2v) is 12.5. The zero-order valence-corrected chi connectivity index (χ0v) is 26.6. The van der Waals surface area contributed by atoms with E-state index in [0.29, 0.717) is 0 Å². The minimum Gasteiger partial charge on any atom is -0.455 e. The van der Waals surface area contributed by atoms with Gasteiger partial charge in [-0.3, -0.25) is 0 Å². The molecule has 3 nitrogen and oxygen atoms in total. The molecule has 0 N–H and O–H groups in total. The summed E-state index contributed by atoms with van der Waals surface area (Å²) in [6.07, 6.45) is 0. The number of benzene rings is 8. The number of nitrogens with zero attached hydrogens (tertiary/aromatic N) is 2. The number of hydrogen-bond donors (Lipinski definition) is 0. The molecule has 49 heavy (non-hydrogen) atoms. The summed E-state index contributed by atoms with van der Waals surface area (Å²) in [6, 6.07) is 64.8. The van der Waals surface area contributed by atoms with Crippen LogP contribution in [0.15, 0.2) is 186 Å². The van der Waals surface area contributed by atoms with Crippen LogP contribution in [0.25, 0.3) is 71.3 Å². The van der Waals surface area contributed by atoms with Gasteiger partial charge in [0.2, 0.25) is 0 Å². The van der Waals surface area contributed by atoms with Gasteiger partial charge >= 0.3 is 0 Å². The van der Waals surface area contributed by atoms with Gasteiger partial charge in [-0.2, -0.15) is 0 Å². The van der Waals surface area contributed by atoms with E-state index in [9.17, 15) is 0 Å². The van der Waals surface area contributed by atoms with Gasteiger partial charge in [0.15, 0.2) is 0 Å². The van der Waals surface area contributed by atoms with Crippen molar-refractivity contribution >= 4 is 71.6 Å². The SMILES string of the molecule is c1ccc(-c2cccc3c2oc2c4ccccc4c(N(c4ccccc4)c4ccc5c(c4)c4ccccc4n5-c4ccccc4)cc32)cc1. The Morgan fingerprint density at radius 1 is 0.388 bits per heavy atom. The van der Waals surface area contributed by atoms with Gasteiger partial charge in [0, 0.05) is 54.9 Å². The Kier molecular flexibility index (Phi) is 6.18. The van der Waals surface area contributed by atoms with Gasteiger partial charge in [-0.1, -0.05) is 127 Å². The molecule has 3 heteroatoms. The molecule has 0 amide bonds. The van der Waals surface area contributed by atoms with Crippen molar-refractivity contribution in [2.75, 3.05) is 4.90 Å². The minimum atomic E-state index is 0.909. The molecular weight excluding hydrogens is 597 g/mol. The molecule has 0 saturated carbocycles. The van der Waals surface area contributed by atoms with Crippen molar-refractivity contribution in [2.24, 2.45) is 0 Å². The summed E-state index contributed by atoms with van der Waals surface area (Å²) in [5.41, 5.74) is 10.9. The molecule has 10 rings (SSSR count). The van der Waals surface area contributed by atoms with Crippen molar-refractivity contribution < 1.29 is 4.42 Å². The third kappa shape index (κ3) is 4.29. The smallest absolute Gasteiger partial charge is 0.143 e. The van der Waals surface area contributed by atoms with Crippen LogP contribution in [0.4, 0.5) is 17.1 Å². The zero-order valence-electron chi connectivity index (χ0n) is 26.6. The first-order valence-electron chi connectivity index (χ1n) is 16.7. The number of para-hydroxylation sites is 4. The summed E-state index contributed by atoms with van der Waals surface area (Å²) in [5.74, 6) is 0. The van der Waals surface area contributed by atoms with E-state index < -0.39 is 0 Å². The first-order valence-corrected chi connectivity index (χ1v) is 16.7. The molecule has 0 bridgehead atoms. The Balaban J connectivity index is 1.26. The molecule has 2 heterocycles. The van der Waals surface area contributed by atoms with E-state index in [1.807, 2.05) is 0 Å². The molecular formula is C46H30N2O. The molecule has 0 aliphatic rings. The predicted octanol–water partition coefficient (Wildman–Crippen LogP) is 13.0. The lowest BCUT2D eigenvalue weighted by Crippen LogP contribution is -2.10. The van der Waals surface area contributed by atoms with Crippen molar-refractivity contribution in [3.05, 3.63) is 182 Å². The van der Waals surface area contributed by atoms with E-state index in [0.717, 1.165) is 66.6 Å². The van der Waals surface area contributed by atoms with Crippen molar-refractivity contribution in [1.82, 2.24) is 4.57 Å². The highest BCUT2D eigenvalue weighted by atomic mass is 16.3. The lowest BCUT2D eigenvalue weighted by atomic mass is 9.99. The van der Waals surface area contributed by atoms with E-state index >= 15 is 0 Å². The Morgan fingerprint density at radius 2 is 1.00 bits per heavy atom. The largest absolute Gasteiger partial charge is 0.455 e. The normalized spacial score (nSPS) is 11.7. The molecule has 0 saturated heterocycles. The fourth-order valence-electron chi connectivity index (χ4n) is 7.59. The monoisotopic (exact) mass is 626 g/mol. The molecule has 0 fully saturated rings. The van der Waals surface area contributed by atoms with Gasteiger partial charge in [-0.05, 0) is 60.2 Å². The Bertz CT molecular complexity index is 2810. The molecule has 2 aromatic heterocycles. The van der Waals surface area contributed by atoms with Crippen LogP contribution in [-0.4, -0.2) is 4.57 Å². The number of fused-ring (bicyclic) bond motifs is 8. The van der Waals surface area contributed by atoms with E-state index in [2.05, 4.69) is 191 Å². The third-order valence-corrected chi connectivity index (χ3v) is 9.75. The fraction of sp³-hybridized carbons (Fsp3) is 0. The summed E-state index contributed by atoms with van der Waals surface area (Å²) >= 11 is 0. The predicted molar refractivity (Wildman–Crippen MR) is 206 cm³/mol. The van der Waals surface area contributed by atoms with E-state index in [1.54, 1.807) is 0 Å². The molecule has 230 valence electrons. The average molecular weight is 627 g/mol. The van der Waals surface area contributed by atoms with Gasteiger partial charge in [0.05, 0.1) is 16.7 Å². The van der Waals surface area contributed by atoms with Crippen LogP contribution >= 0.6 is 0 Å². The highest BCUT2D eigenvalue weighted by molar-refractivity contribution is 6.21. The Hall–Kier alpha value is -6.58. The maximum absolute atomic E-state index is 6.83. The van der Waals surface area contributed by atoms with Crippen molar-refractivity contribution in [1.29, 1.82) is 0 Å². The molecule has 8 aromatic carbocycles. The maximum Gasteiger partial charge on any atom is 0.143 e. The summed E-state index contributed by atoms with van der Waals surface area (Å²) in [6.45, 7) is 0. The van der Waals surface area contributed by atoms with Gasteiger partial charge in [0.25, 0.3) is 0 Å². The second kappa shape index (κ2) is 11.0. The third-order valence-electron chi connectivity index (χ3n) is 9.75. The van der Waals surface area contributed by atoms with Gasteiger partial charge in [-0.15, -0.1) is 0 Å².